The Labute approximate surface area is 127 Å². The lowest BCUT2D eigenvalue weighted by Crippen LogP contribution is -2.15. The molecular formula is C18H23ClO. The Morgan fingerprint density at radius 1 is 1.20 bits per heavy atom. The molecule has 1 aromatic rings. The first-order valence-electron chi connectivity index (χ1n) is 7.62. The van der Waals surface area contributed by atoms with Crippen LogP contribution in [0.4, 0.5) is 0 Å². The summed E-state index contributed by atoms with van der Waals surface area (Å²) in [5.41, 5.74) is 2.22. The summed E-state index contributed by atoms with van der Waals surface area (Å²) in [5.74, 6) is 7.81. The van der Waals surface area contributed by atoms with Gasteiger partial charge in [0, 0.05) is 17.9 Å². The molecule has 0 amide bonds. The maximum Gasteiger partial charge on any atom is 0.122 e. The Balaban J connectivity index is 2.00. The van der Waals surface area contributed by atoms with Crippen molar-refractivity contribution in [2.45, 2.75) is 58.0 Å². The van der Waals surface area contributed by atoms with Gasteiger partial charge in [-0.1, -0.05) is 24.7 Å². The van der Waals surface area contributed by atoms with Crippen molar-refractivity contribution in [3.8, 4) is 17.6 Å². The lowest BCUT2D eigenvalue weighted by molar-refractivity contribution is 0.182. The van der Waals surface area contributed by atoms with E-state index in [2.05, 4.69) is 30.9 Å². The van der Waals surface area contributed by atoms with Crippen LogP contribution in [-0.4, -0.2) is 12.0 Å². The summed E-state index contributed by atoms with van der Waals surface area (Å²) < 4.78 is 6.18. The lowest BCUT2D eigenvalue weighted by atomic mass is 10.1. The number of rotatable bonds is 3. The summed E-state index contributed by atoms with van der Waals surface area (Å²) in [6.07, 6.45) is 8.82. The molecule has 2 heteroatoms. The van der Waals surface area contributed by atoms with Crippen molar-refractivity contribution in [3.63, 3.8) is 0 Å². The summed E-state index contributed by atoms with van der Waals surface area (Å²) in [6.45, 7) is 2.10. The molecule has 0 aromatic heterocycles. The highest BCUT2D eigenvalue weighted by Gasteiger charge is 2.14. The first kappa shape index (κ1) is 15.3. The third-order valence-electron chi connectivity index (χ3n) is 3.72. The molecule has 1 aliphatic carbocycles. The molecule has 1 nitrogen and oxygen atoms in total. The molecule has 108 valence electrons. The van der Waals surface area contributed by atoms with Crippen LogP contribution in [0.5, 0.6) is 5.75 Å². The SMILES string of the molecule is Cc1cc(C#CCCCl)ccc1OC1CCCCCC1. The van der Waals surface area contributed by atoms with Crippen LogP contribution in [0.1, 0.15) is 56.1 Å². The van der Waals surface area contributed by atoms with E-state index in [9.17, 15) is 0 Å². The van der Waals surface area contributed by atoms with Gasteiger partial charge in [0.1, 0.15) is 5.75 Å². The van der Waals surface area contributed by atoms with Crippen molar-refractivity contribution in [1.29, 1.82) is 0 Å². The van der Waals surface area contributed by atoms with E-state index in [-0.39, 0.29) is 0 Å². The molecule has 1 aromatic carbocycles. The molecule has 2 rings (SSSR count). The fourth-order valence-electron chi connectivity index (χ4n) is 2.61. The standard InChI is InChI=1S/C18H23ClO/c1-15-14-16(8-6-7-13-19)11-12-18(15)20-17-9-4-2-3-5-10-17/h11-12,14,17H,2-5,7,9-10,13H2,1H3. The van der Waals surface area contributed by atoms with Crippen molar-refractivity contribution in [3.05, 3.63) is 29.3 Å². The van der Waals surface area contributed by atoms with E-state index in [1.807, 2.05) is 6.07 Å². The van der Waals surface area contributed by atoms with Crippen molar-refractivity contribution >= 4 is 11.6 Å². The highest BCUT2D eigenvalue weighted by atomic mass is 35.5. The molecule has 0 spiro atoms. The highest BCUT2D eigenvalue weighted by Crippen LogP contribution is 2.25. The molecule has 20 heavy (non-hydrogen) atoms. The fraction of sp³-hybridized carbons (Fsp3) is 0.556. The maximum absolute atomic E-state index is 6.18. The number of halogens is 1. The van der Waals surface area contributed by atoms with Crippen LogP contribution in [-0.2, 0) is 0 Å². The smallest absolute Gasteiger partial charge is 0.122 e. The topological polar surface area (TPSA) is 9.23 Å². The molecule has 0 radical (unpaired) electrons. The molecule has 1 saturated carbocycles. The minimum atomic E-state index is 0.393. The van der Waals surface area contributed by atoms with Crippen LogP contribution in [0.3, 0.4) is 0 Å². The predicted octanol–water partition coefficient (Wildman–Crippen LogP) is 5.08. The Kier molecular flexibility index (Phi) is 6.27. The second kappa shape index (κ2) is 8.22. The average molecular weight is 291 g/mol. The van der Waals surface area contributed by atoms with Crippen molar-refractivity contribution in [2.24, 2.45) is 0 Å². The average Bonchev–Trinajstić information content (AvgIpc) is 2.71. The van der Waals surface area contributed by atoms with Crippen molar-refractivity contribution in [1.82, 2.24) is 0 Å². The molecular weight excluding hydrogens is 268 g/mol. The van der Waals surface area contributed by atoms with Gasteiger partial charge in [0.25, 0.3) is 0 Å². The monoisotopic (exact) mass is 290 g/mol. The zero-order valence-electron chi connectivity index (χ0n) is 12.3. The summed E-state index contributed by atoms with van der Waals surface area (Å²) in [4.78, 5) is 0. The van der Waals surface area contributed by atoms with Gasteiger partial charge in [0.15, 0.2) is 0 Å². The summed E-state index contributed by atoms with van der Waals surface area (Å²) in [7, 11) is 0. The molecule has 0 N–H and O–H groups in total. The Bertz CT molecular complexity index is 476. The van der Waals surface area contributed by atoms with Crippen LogP contribution in [0.25, 0.3) is 0 Å². The van der Waals surface area contributed by atoms with Crippen LogP contribution in [0.2, 0.25) is 0 Å². The van der Waals surface area contributed by atoms with Crippen LogP contribution in [0, 0.1) is 18.8 Å². The van der Waals surface area contributed by atoms with Gasteiger partial charge in [-0.3, -0.25) is 0 Å². The van der Waals surface area contributed by atoms with E-state index in [4.69, 9.17) is 16.3 Å². The molecule has 1 aliphatic rings. The Morgan fingerprint density at radius 2 is 1.95 bits per heavy atom. The van der Waals surface area contributed by atoms with E-state index in [1.165, 1.54) is 44.1 Å². The van der Waals surface area contributed by atoms with Gasteiger partial charge in [0.2, 0.25) is 0 Å². The third kappa shape index (κ3) is 4.76. The first-order chi connectivity index (χ1) is 9.79. The quantitative estimate of drug-likeness (QED) is 0.429. The second-order valence-corrected chi connectivity index (χ2v) is 5.83. The third-order valence-corrected chi connectivity index (χ3v) is 3.91. The predicted molar refractivity (Wildman–Crippen MR) is 85.5 cm³/mol. The molecule has 0 aliphatic heterocycles. The van der Waals surface area contributed by atoms with Gasteiger partial charge in [0.05, 0.1) is 6.10 Å². The number of aryl methyl sites for hydroxylation is 1. The van der Waals surface area contributed by atoms with Gasteiger partial charge in [-0.05, 0) is 56.4 Å². The fourth-order valence-corrected chi connectivity index (χ4v) is 2.71. The van der Waals surface area contributed by atoms with E-state index in [0.717, 1.165) is 17.7 Å². The van der Waals surface area contributed by atoms with Crippen LogP contribution >= 0.6 is 11.6 Å². The van der Waals surface area contributed by atoms with E-state index in [1.54, 1.807) is 0 Å². The number of alkyl halides is 1. The zero-order chi connectivity index (χ0) is 14.2. The largest absolute Gasteiger partial charge is 0.490 e. The van der Waals surface area contributed by atoms with Crippen LogP contribution in [0.15, 0.2) is 18.2 Å². The summed E-state index contributed by atoms with van der Waals surface area (Å²) in [6, 6.07) is 6.21. The zero-order valence-corrected chi connectivity index (χ0v) is 13.0. The molecule has 1 fully saturated rings. The van der Waals surface area contributed by atoms with E-state index >= 15 is 0 Å². The van der Waals surface area contributed by atoms with E-state index in [0.29, 0.717) is 12.0 Å². The highest BCUT2D eigenvalue weighted by molar-refractivity contribution is 6.18. The number of ether oxygens (including phenoxy) is 1. The van der Waals surface area contributed by atoms with Crippen molar-refractivity contribution < 1.29 is 4.74 Å². The van der Waals surface area contributed by atoms with Gasteiger partial charge >= 0.3 is 0 Å². The second-order valence-electron chi connectivity index (χ2n) is 5.45. The Morgan fingerprint density at radius 3 is 2.60 bits per heavy atom. The molecule has 0 bridgehead atoms. The minimum Gasteiger partial charge on any atom is -0.490 e. The molecule has 0 atom stereocenters. The van der Waals surface area contributed by atoms with Gasteiger partial charge in [-0.25, -0.2) is 0 Å². The number of benzene rings is 1. The number of hydrogen-bond acceptors (Lipinski definition) is 1. The van der Waals surface area contributed by atoms with Crippen molar-refractivity contribution in [2.75, 3.05) is 5.88 Å². The molecule has 0 heterocycles. The first-order valence-corrected chi connectivity index (χ1v) is 8.15. The van der Waals surface area contributed by atoms with Gasteiger partial charge < -0.3 is 4.74 Å². The van der Waals surface area contributed by atoms with Crippen LogP contribution < -0.4 is 4.74 Å². The molecule has 0 saturated heterocycles. The maximum atomic E-state index is 6.18. The lowest BCUT2D eigenvalue weighted by Gasteiger charge is -2.18. The molecule has 0 unspecified atom stereocenters. The minimum absolute atomic E-state index is 0.393. The Hall–Kier alpha value is -1.13. The summed E-state index contributed by atoms with van der Waals surface area (Å²) >= 11 is 5.62. The van der Waals surface area contributed by atoms with Gasteiger partial charge in [-0.2, -0.15) is 0 Å². The van der Waals surface area contributed by atoms with Gasteiger partial charge in [-0.15, -0.1) is 11.6 Å². The normalized spacial score (nSPS) is 16.1. The van der Waals surface area contributed by atoms with E-state index < -0.39 is 0 Å². The number of hydrogen-bond donors (Lipinski definition) is 0. The summed E-state index contributed by atoms with van der Waals surface area (Å²) in [5, 5.41) is 0.